The second-order valence-electron chi connectivity index (χ2n) is 5.49. The molecule has 3 rings (SSSR count). The lowest BCUT2D eigenvalue weighted by Gasteiger charge is -2.38. The van der Waals surface area contributed by atoms with Crippen LogP contribution in [0, 0.1) is 0 Å². The van der Waals surface area contributed by atoms with Gasteiger partial charge in [-0.15, -0.1) is 0 Å². The van der Waals surface area contributed by atoms with Crippen molar-refractivity contribution in [2.75, 3.05) is 13.2 Å². The van der Waals surface area contributed by atoms with Gasteiger partial charge < -0.3 is 10.5 Å². The van der Waals surface area contributed by atoms with Crippen LogP contribution in [0.4, 0.5) is 0 Å². The fourth-order valence-corrected chi connectivity index (χ4v) is 3.49. The van der Waals surface area contributed by atoms with E-state index in [1.54, 1.807) is 6.07 Å². The third kappa shape index (κ3) is 2.76. The molecule has 0 saturated heterocycles. The van der Waals surface area contributed by atoms with Crippen LogP contribution in [0.3, 0.4) is 0 Å². The smallest absolute Gasteiger partial charge is 0.123 e. The largest absolute Gasteiger partial charge is 0.493 e. The van der Waals surface area contributed by atoms with E-state index in [0.29, 0.717) is 23.2 Å². The van der Waals surface area contributed by atoms with Gasteiger partial charge in [0, 0.05) is 27.6 Å². The van der Waals surface area contributed by atoms with E-state index in [-0.39, 0.29) is 5.41 Å². The highest BCUT2D eigenvalue weighted by atomic mass is 35.5. The Kier molecular flexibility index (Phi) is 4.12. The summed E-state index contributed by atoms with van der Waals surface area (Å²) in [5.74, 6) is 0.930. The second kappa shape index (κ2) is 5.88. The molecule has 0 aliphatic carbocycles. The lowest BCUT2D eigenvalue weighted by molar-refractivity contribution is 0.215. The van der Waals surface area contributed by atoms with E-state index in [4.69, 9.17) is 33.7 Å². The zero-order valence-corrected chi connectivity index (χ0v) is 13.1. The predicted octanol–water partition coefficient (Wildman–Crippen LogP) is 4.22. The number of rotatable bonds is 3. The van der Waals surface area contributed by atoms with Crippen molar-refractivity contribution in [1.29, 1.82) is 0 Å². The van der Waals surface area contributed by atoms with Gasteiger partial charge in [0.05, 0.1) is 6.61 Å². The van der Waals surface area contributed by atoms with E-state index >= 15 is 0 Å². The van der Waals surface area contributed by atoms with Crippen molar-refractivity contribution in [3.63, 3.8) is 0 Å². The Morgan fingerprint density at radius 1 is 1.14 bits per heavy atom. The van der Waals surface area contributed by atoms with Crippen LogP contribution in [-0.2, 0) is 11.8 Å². The van der Waals surface area contributed by atoms with Gasteiger partial charge in [-0.25, -0.2) is 0 Å². The Balaban J connectivity index is 2.02. The fraction of sp³-hybridized carbons (Fsp3) is 0.294. The Morgan fingerprint density at radius 3 is 2.71 bits per heavy atom. The number of ether oxygens (including phenoxy) is 1. The number of hydrogen-bond donors (Lipinski definition) is 1. The van der Waals surface area contributed by atoms with Gasteiger partial charge in [0.1, 0.15) is 5.75 Å². The lowest BCUT2D eigenvalue weighted by Crippen LogP contribution is -2.41. The standard InChI is InChI=1S/C17H17Cl2NO/c18-13-6-5-12(15(19)9-13)10-17(11-20)7-8-21-16-4-2-1-3-14(16)17/h1-6,9H,7-8,10-11,20H2. The van der Waals surface area contributed by atoms with Crippen LogP contribution >= 0.6 is 23.2 Å². The number of hydrogen-bond acceptors (Lipinski definition) is 2. The minimum Gasteiger partial charge on any atom is -0.493 e. The maximum atomic E-state index is 6.34. The Hall–Kier alpha value is -1.22. The van der Waals surface area contributed by atoms with E-state index in [1.807, 2.05) is 30.3 Å². The normalized spacial score (nSPS) is 20.7. The average molecular weight is 322 g/mol. The molecule has 0 radical (unpaired) electrons. The molecule has 4 heteroatoms. The summed E-state index contributed by atoms with van der Waals surface area (Å²) in [5, 5.41) is 1.34. The molecular weight excluding hydrogens is 305 g/mol. The average Bonchev–Trinajstić information content (AvgIpc) is 2.50. The van der Waals surface area contributed by atoms with E-state index in [2.05, 4.69) is 6.07 Å². The molecule has 110 valence electrons. The first kappa shape index (κ1) is 14.7. The highest BCUT2D eigenvalue weighted by molar-refractivity contribution is 6.35. The van der Waals surface area contributed by atoms with Crippen molar-refractivity contribution in [2.45, 2.75) is 18.3 Å². The number of halogens is 2. The molecule has 1 atom stereocenters. The van der Waals surface area contributed by atoms with Crippen LogP contribution in [0.1, 0.15) is 17.5 Å². The van der Waals surface area contributed by atoms with Gasteiger partial charge in [-0.3, -0.25) is 0 Å². The topological polar surface area (TPSA) is 35.2 Å². The summed E-state index contributed by atoms with van der Waals surface area (Å²) in [5.41, 5.74) is 8.27. The first-order chi connectivity index (χ1) is 10.1. The molecule has 2 aromatic carbocycles. The van der Waals surface area contributed by atoms with Crippen molar-refractivity contribution in [3.8, 4) is 5.75 Å². The maximum Gasteiger partial charge on any atom is 0.123 e. The van der Waals surface area contributed by atoms with E-state index in [9.17, 15) is 0 Å². The second-order valence-corrected chi connectivity index (χ2v) is 6.34. The number of fused-ring (bicyclic) bond motifs is 1. The molecule has 0 saturated carbocycles. The van der Waals surface area contributed by atoms with Crippen molar-refractivity contribution in [3.05, 3.63) is 63.6 Å². The summed E-state index contributed by atoms with van der Waals surface area (Å²) in [4.78, 5) is 0. The molecular formula is C17H17Cl2NO. The third-order valence-electron chi connectivity index (χ3n) is 4.23. The van der Waals surface area contributed by atoms with Gasteiger partial charge in [0.25, 0.3) is 0 Å². The lowest BCUT2D eigenvalue weighted by atomic mass is 9.72. The first-order valence-electron chi connectivity index (χ1n) is 7.01. The molecule has 21 heavy (non-hydrogen) atoms. The van der Waals surface area contributed by atoms with E-state index < -0.39 is 0 Å². The summed E-state index contributed by atoms with van der Waals surface area (Å²) < 4.78 is 5.76. The summed E-state index contributed by atoms with van der Waals surface area (Å²) >= 11 is 12.3. The molecule has 0 bridgehead atoms. The van der Waals surface area contributed by atoms with Crippen molar-refractivity contribution >= 4 is 23.2 Å². The Labute approximate surface area is 134 Å². The van der Waals surface area contributed by atoms with Crippen molar-refractivity contribution in [2.24, 2.45) is 5.73 Å². The van der Waals surface area contributed by atoms with E-state index in [0.717, 1.165) is 24.2 Å². The van der Waals surface area contributed by atoms with Gasteiger partial charge >= 0.3 is 0 Å². The maximum absolute atomic E-state index is 6.34. The predicted molar refractivity (Wildman–Crippen MR) is 87.5 cm³/mol. The Morgan fingerprint density at radius 2 is 1.95 bits per heavy atom. The molecule has 0 fully saturated rings. The van der Waals surface area contributed by atoms with Crippen molar-refractivity contribution in [1.82, 2.24) is 0 Å². The molecule has 0 aromatic heterocycles. The van der Waals surface area contributed by atoms with Crippen LogP contribution in [0.5, 0.6) is 5.75 Å². The molecule has 2 aromatic rings. The van der Waals surface area contributed by atoms with Gasteiger partial charge in [-0.1, -0.05) is 47.5 Å². The quantitative estimate of drug-likeness (QED) is 0.918. The number of benzene rings is 2. The molecule has 2 N–H and O–H groups in total. The van der Waals surface area contributed by atoms with Crippen LogP contribution in [0.15, 0.2) is 42.5 Å². The molecule has 0 amide bonds. The van der Waals surface area contributed by atoms with Gasteiger partial charge in [-0.2, -0.15) is 0 Å². The summed E-state index contributed by atoms with van der Waals surface area (Å²) in [6, 6.07) is 13.8. The minimum atomic E-state index is -0.133. The molecule has 1 heterocycles. The summed E-state index contributed by atoms with van der Waals surface area (Å²) in [6.07, 6.45) is 1.68. The van der Waals surface area contributed by atoms with Crippen LogP contribution < -0.4 is 10.5 Å². The molecule has 0 spiro atoms. The molecule has 1 aliphatic heterocycles. The van der Waals surface area contributed by atoms with E-state index in [1.165, 1.54) is 5.56 Å². The fourth-order valence-electron chi connectivity index (χ4n) is 3.02. The van der Waals surface area contributed by atoms with Crippen LogP contribution in [0.2, 0.25) is 10.0 Å². The van der Waals surface area contributed by atoms with Gasteiger partial charge in [0.15, 0.2) is 0 Å². The summed E-state index contributed by atoms with van der Waals surface area (Å²) in [6.45, 7) is 1.24. The number of para-hydroxylation sites is 1. The van der Waals surface area contributed by atoms with Gasteiger partial charge in [-0.05, 0) is 36.6 Å². The van der Waals surface area contributed by atoms with Gasteiger partial charge in [0.2, 0.25) is 0 Å². The zero-order valence-electron chi connectivity index (χ0n) is 11.6. The number of nitrogens with two attached hydrogens (primary N) is 1. The third-order valence-corrected chi connectivity index (χ3v) is 4.82. The SMILES string of the molecule is NCC1(Cc2ccc(Cl)cc2Cl)CCOc2ccccc21. The zero-order chi connectivity index (χ0) is 14.9. The van der Waals surface area contributed by atoms with Crippen molar-refractivity contribution < 1.29 is 4.74 Å². The first-order valence-corrected chi connectivity index (χ1v) is 7.76. The summed E-state index contributed by atoms with van der Waals surface area (Å²) in [7, 11) is 0. The Bertz CT molecular complexity index is 659. The highest BCUT2D eigenvalue weighted by Crippen LogP contribution is 2.41. The monoisotopic (exact) mass is 321 g/mol. The highest BCUT2D eigenvalue weighted by Gasteiger charge is 2.37. The van der Waals surface area contributed by atoms with Crippen LogP contribution in [0.25, 0.3) is 0 Å². The van der Waals surface area contributed by atoms with Crippen LogP contribution in [-0.4, -0.2) is 13.2 Å². The molecule has 1 aliphatic rings. The minimum absolute atomic E-state index is 0.133. The molecule has 1 unspecified atom stereocenters. The molecule has 2 nitrogen and oxygen atoms in total.